The van der Waals surface area contributed by atoms with E-state index in [4.69, 9.17) is 23.9 Å². The first-order valence-corrected chi connectivity index (χ1v) is 12.8. The first-order valence-electron chi connectivity index (χ1n) is 12.8. The van der Waals surface area contributed by atoms with Gasteiger partial charge in [0.1, 0.15) is 12.2 Å². The second-order valence-corrected chi connectivity index (χ2v) is 11.0. The van der Waals surface area contributed by atoms with Gasteiger partial charge in [0.25, 0.3) is 5.56 Å². The molecule has 0 aliphatic carbocycles. The molecule has 0 saturated heterocycles. The number of nitrogens with one attached hydrogen (secondary N) is 1. The minimum absolute atomic E-state index is 0.0469. The number of amides is 1. The lowest BCUT2D eigenvalue weighted by atomic mass is 9.86. The summed E-state index contributed by atoms with van der Waals surface area (Å²) in [5.74, 6) is 0.314. The van der Waals surface area contributed by atoms with Crippen molar-refractivity contribution in [3.8, 4) is 22.9 Å². The number of benzene rings is 1. The summed E-state index contributed by atoms with van der Waals surface area (Å²) < 4.78 is 23.4. The first-order chi connectivity index (χ1) is 18.4. The molecule has 3 aliphatic rings. The predicted octanol–water partition coefficient (Wildman–Crippen LogP) is 3.39. The van der Waals surface area contributed by atoms with Crippen LogP contribution in [0.4, 0.5) is 4.79 Å². The monoisotopic (exact) mass is 535 g/mol. The van der Waals surface area contributed by atoms with Gasteiger partial charge in [-0.05, 0) is 51.8 Å². The number of ether oxygens (including phenoxy) is 4. The van der Waals surface area contributed by atoms with Crippen molar-refractivity contribution in [2.45, 2.75) is 71.4 Å². The molecule has 6 rings (SSSR count). The van der Waals surface area contributed by atoms with Gasteiger partial charge in [0.2, 0.25) is 6.79 Å². The Balaban J connectivity index is 1.57. The van der Waals surface area contributed by atoms with E-state index in [2.05, 4.69) is 5.32 Å². The van der Waals surface area contributed by atoms with Crippen molar-refractivity contribution in [2.75, 3.05) is 6.79 Å². The van der Waals surface area contributed by atoms with Crippen LogP contribution in [-0.4, -0.2) is 39.1 Å². The molecule has 204 valence electrons. The highest BCUT2D eigenvalue weighted by atomic mass is 16.7. The predicted molar refractivity (Wildman–Crippen MR) is 138 cm³/mol. The molecular weight excluding hydrogens is 506 g/mol. The molecule has 1 amide bonds. The number of esters is 1. The maximum Gasteiger partial charge on any atom is 0.408 e. The Hall–Kier alpha value is -4.12. The third kappa shape index (κ3) is 3.82. The number of hydrogen-bond donors (Lipinski definition) is 2. The molecule has 11 nitrogen and oxygen atoms in total. The molecule has 2 aromatic heterocycles. The van der Waals surface area contributed by atoms with Crippen molar-refractivity contribution in [1.29, 1.82) is 0 Å². The van der Waals surface area contributed by atoms with Gasteiger partial charge in [-0.25, -0.2) is 14.6 Å². The molecule has 0 fully saturated rings. The van der Waals surface area contributed by atoms with Crippen molar-refractivity contribution in [2.24, 2.45) is 0 Å². The zero-order chi connectivity index (χ0) is 27.9. The number of rotatable bonds is 3. The van der Waals surface area contributed by atoms with Gasteiger partial charge >= 0.3 is 12.1 Å². The van der Waals surface area contributed by atoms with Gasteiger partial charge in [0.05, 0.1) is 35.1 Å². The molecule has 2 atom stereocenters. The van der Waals surface area contributed by atoms with E-state index >= 15 is 0 Å². The molecule has 2 N–H and O–H groups in total. The quantitative estimate of drug-likeness (QED) is 0.378. The molecule has 0 radical (unpaired) electrons. The maximum absolute atomic E-state index is 13.7. The van der Waals surface area contributed by atoms with Crippen LogP contribution in [0.15, 0.2) is 23.0 Å². The van der Waals surface area contributed by atoms with Gasteiger partial charge in [-0.3, -0.25) is 4.79 Å². The topological polar surface area (TPSA) is 138 Å². The summed E-state index contributed by atoms with van der Waals surface area (Å²) in [5, 5.41) is 14.8. The lowest BCUT2D eigenvalue weighted by Gasteiger charge is -2.31. The lowest BCUT2D eigenvalue weighted by Crippen LogP contribution is -2.44. The minimum Gasteiger partial charge on any atom is -0.458 e. The number of fused-ring (bicyclic) bond motifs is 6. The van der Waals surface area contributed by atoms with Gasteiger partial charge < -0.3 is 33.9 Å². The van der Waals surface area contributed by atoms with E-state index in [0.717, 1.165) is 16.5 Å². The third-order valence-corrected chi connectivity index (χ3v) is 7.39. The van der Waals surface area contributed by atoms with E-state index in [0.29, 0.717) is 28.4 Å². The number of alkyl carbamates (subject to hydrolysis) is 1. The third-order valence-electron chi connectivity index (χ3n) is 7.39. The Morgan fingerprint density at radius 1 is 1.18 bits per heavy atom. The van der Waals surface area contributed by atoms with Crippen molar-refractivity contribution < 1.29 is 33.6 Å². The molecule has 1 aromatic carbocycles. The van der Waals surface area contributed by atoms with E-state index in [1.165, 1.54) is 0 Å². The Bertz CT molecular complexity index is 1640. The second-order valence-electron chi connectivity index (χ2n) is 11.0. The van der Waals surface area contributed by atoms with E-state index in [-0.39, 0.29) is 43.1 Å². The average Bonchev–Trinajstić information content (AvgIpc) is 3.46. The largest absolute Gasteiger partial charge is 0.458 e. The van der Waals surface area contributed by atoms with Crippen molar-refractivity contribution >= 4 is 23.0 Å². The zero-order valence-corrected chi connectivity index (χ0v) is 22.3. The molecule has 0 bridgehead atoms. The summed E-state index contributed by atoms with van der Waals surface area (Å²) in [5.41, 5.74) is 0.550. The SMILES string of the molecule is CCC1(O)C(=O)OCc2c1cc1n(c2=O)Cc2c-1nc1cc3c(cc1c2C(C)NC(=O)OC(C)(C)C)OCO3. The van der Waals surface area contributed by atoms with Gasteiger partial charge in [0, 0.05) is 22.6 Å². The molecule has 5 heterocycles. The van der Waals surface area contributed by atoms with Crippen LogP contribution in [-0.2, 0) is 33.0 Å². The van der Waals surface area contributed by atoms with Crippen LogP contribution in [0, 0.1) is 0 Å². The Morgan fingerprint density at radius 2 is 1.90 bits per heavy atom. The highest BCUT2D eigenvalue weighted by Gasteiger charge is 2.45. The number of pyridine rings is 2. The van der Waals surface area contributed by atoms with Gasteiger partial charge in [-0.1, -0.05) is 6.92 Å². The average molecular weight is 536 g/mol. The number of cyclic esters (lactones) is 1. The highest BCUT2D eigenvalue weighted by molar-refractivity contribution is 5.92. The van der Waals surface area contributed by atoms with E-state index in [9.17, 15) is 19.5 Å². The molecule has 3 aliphatic heterocycles. The summed E-state index contributed by atoms with van der Waals surface area (Å²) in [4.78, 5) is 43.8. The molecule has 0 saturated carbocycles. The fourth-order valence-corrected chi connectivity index (χ4v) is 5.55. The Labute approximate surface area is 223 Å². The normalized spacial score (nSPS) is 19.7. The zero-order valence-electron chi connectivity index (χ0n) is 22.3. The molecular formula is C28H29N3O8. The summed E-state index contributed by atoms with van der Waals surface area (Å²) in [6.45, 7) is 8.90. The second kappa shape index (κ2) is 8.44. The van der Waals surface area contributed by atoms with Gasteiger partial charge in [0.15, 0.2) is 17.1 Å². The molecule has 2 unspecified atom stereocenters. The van der Waals surface area contributed by atoms with Crippen LogP contribution in [0.5, 0.6) is 11.5 Å². The van der Waals surface area contributed by atoms with Gasteiger partial charge in [-0.15, -0.1) is 0 Å². The fourth-order valence-electron chi connectivity index (χ4n) is 5.55. The summed E-state index contributed by atoms with van der Waals surface area (Å²) in [7, 11) is 0. The number of nitrogens with zero attached hydrogens (tertiary/aromatic N) is 2. The number of hydrogen-bond acceptors (Lipinski definition) is 9. The van der Waals surface area contributed by atoms with Crippen LogP contribution in [0.25, 0.3) is 22.3 Å². The number of carbonyl (C=O) groups is 2. The van der Waals surface area contributed by atoms with Crippen LogP contribution in [0.2, 0.25) is 0 Å². The molecule has 39 heavy (non-hydrogen) atoms. The number of carbonyl (C=O) groups excluding carboxylic acids is 2. The van der Waals surface area contributed by atoms with Crippen molar-refractivity contribution in [3.05, 3.63) is 50.8 Å². The maximum atomic E-state index is 13.7. The van der Waals surface area contributed by atoms with Crippen LogP contribution in [0.3, 0.4) is 0 Å². The summed E-state index contributed by atoms with van der Waals surface area (Å²) in [6, 6.07) is 4.72. The standard InChI is InChI=1S/C28H29N3O8/c1-6-28(35)17-8-19-23-15(10-31(19)24(32)16(17)11-36-25(28)33)22(13(2)29-26(34)39-27(3,4)5)14-7-20-21(38-12-37-20)9-18(14)30-23/h7-9,13,35H,6,10-12H2,1-5H3,(H,29,34). The first kappa shape index (κ1) is 25.2. The molecule has 3 aromatic rings. The summed E-state index contributed by atoms with van der Waals surface area (Å²) >= 11 is 0. The smallest absolute Gasteiger partial charge is 0.408 e. The minimum atomic E-state index is -1.93. The van der Waals surface area contributed by atoms with Crippen LogP contribution < -0.4 is 20.3 Å². The van der Waals surface area contributed by atoms with Crippen LogP contribution >= 0.6 is 0 Å². The van der Waals surface area contributed by atoms with Gasteiger partial charge in [-0.2, -0.15) is 0 Å². The number of aromatic nitrogens is 2. The Kier molecular flexibility index (Phi) is 5.45. The van der Waals surface area contributed by atoms with E-state index < -0.39 is 29.3 Å². The van der Waals surface area contributed by atoms with Crippen molar-refractivity contribution in [1.82, 2.24) is 14.9 Å². The van der Waals surface area contributed by atoms with Crippen LogP contribution in [0.1, 0.15) is 69.3 Å². The molecule has 0 spiro atoms. The Morgan fingerprint density at radius 3 is 2.59 bits per heavy atom. The van der Waals surface area contributed by atoms with E-state index in [1.54, 1.807) is 44.4 Å². The lowest BCUT2D eigenvalue weighted by molar-refractivity contribution is -0.172. The highest BCUT2D eigenvalue weighted by Crippen LogP contribution is 2.44. The molecule has 11 heteroatoms. The number of aliphatic hydroxyl groups is 1. The van der Waals surface area contributed by atoms with Crippen molar-refractivity contribution in [3.63, 3.8) is 0 Å². The van der Waals surface area contributed by atoms with E-state index in [1.807, 2.05) is 13.0 Å². The summed E-state index contributed by atoms with van der Waals surface area (Å²) in [6.07, 6.45) is -0.535. The fraction of sp³-hybridized carbons (Fsp3) is 0.429.